The SMILES string of the molecule is CC(=O)c1ccc(N2CCN(C(=O)c3cccc(NS(C)(=O)=O)c3)CC2)c(F)c1. The topological polar surface area (TPSA) is 86.8 Å². The molecule has 29 heavy (non-hydrogen) atoms. The van der Waals surface area contributed by atoms with Crippen LogP contribution in [0.15, 0.2) is 42.5 Å². The van der Waals surface area contributed by atoms with Gasteiger partial charge in [-0.3, -0.25) is 14.3 Å². The number of piperazine rings is 1. The first-order valence-electron chi connectivity index (χ1n) is 9.06. The van der Waals surface area contributed by atoms with Gasteiger partial charge in [-0.05, 0) is 43.3 Å². The summed E-state index contributed by atoms with van der Waals surface area (Å²) in [4.78, 5) is 27.6. The minimum absolute atomic E-state index is 0.196. The zero-order valence-corrected chi connectivity index (χ0v) is 17.0. The first-order chi connectivity index (χ1) is 13.6. The molecule has 0 aromatic heterocycles. The molecule has 2 aromatic carbocycles. The van der Waals surface area contributed by atoms with Gasteiger partial charge in [0, 0.05) is 43.0 Å². The number of nitrogens with zero attached hydrogens (tertiary/aromatic N) is 2. The lowest BCUT2D eigenvalue weighted by molar-refractivity contribution is 0.0746. The first kappa shape index (κ1) is 20.8. The first-order valence-corrected chi connectivity index (χ1v) is 11.0. The minimum Gasteiger partial charge on any atom is -0.366 e. The number of benzene rings is 2. The molecule has 1 fully saturated rings. The lowest BCUT2D eigenvalue weighted by Gasteiger charge is -2.36. The van der Waals surface area contributed by atoms with Gasteiger partial charge >= 0.3 is 0 Å². The fourth-order valence-electron chi connectivity index (χ4n) is 3.25. The van der Waals surface area contributed by atoms with Crippen molar-refractivity contribution in [3.63, 3.8) is 0 Å². The summed E-state index contributed by atoms with van der Waals surface area (Å²) < 4.78 is 39.5. The summed E-state index contributed by atoms with van der Waals surface area (Å²) in [5, 5.41) is 0. The molecule has 1 amide bonds. The van der Waals surface area contributed by atoms with Crippen molar-refractivity contribution in [3.05, 3.63) is 59.4 Å². The van der Waals surface area contributed by atoms with Crippen molar-refractivity contribution >= 4 is 33.1 Å². The molecule has 1 aliphatic heterocycles. The molecular formula is C20H22FN3O4S. The molecule has 3 rings (SSSR count). The van der Waals surface area contributed by atoms with Crippen molar-refractivity contribution in [3.8, 4) is 0 Å². The Kier molecular flexibility index (Phi) is 5.88. The number of anilines is 2. The Labute approximate surface area is 169 Å². The molecule has 2 aromatic rings. The fraction of sp³-hybridized carbons (Fsp3) is 0.300. The van der Waals surface area contributed by atoms with E-state index in [1.165, 1.54) is 19.1 Å². The molecule has 1 heterocycles. The highest BCUT2D eigenvalue weighted by atomic mass is 32.2. The van der Waals surface area contributed by atoms with E-state index >= 15 is 0 Å². The monoisotopic (exact) mass is 419 g/mol. The molecule has 1 aliphatic rings. The number of nitrogens with one attached hydrogen (secondary N) is 1. The number of hydrogen-bond acceptors (Lipinski definition) is 5. The van der Waals surface area contributed by atoms with Crippen LogP contribution in [0.25, 0.3) is 0 Å². The number of Topliss-reactive ketones (excluding diaryl/α,β-unsaturated/α-hetero) is 1. The van der Waals surface area contributed by atoms with Crippen LogP contribution in [0.2, 0.25) is 0 Å². The molecule has 0 radical (unpaired) electrons. The van der Waals surface area contributed by atoms with E-state index < -0.39 is 15.8 Å². The van der Waals surface area contributed by atoms with Gasteiger partial charge in [-0.2, -0.15) is 0 Å². The van der Waals surface area contributed by atoms with E-state index in [1.807, 2.05) is 4.90 Å². The van der Waals surface area contributed by atoms with Crippen molar-refractivity contribution in [1.82, 2.24) is 4.90 Å². The number of halogens is 1. The second-order valence-electron chi connectivity index (χ2n) is 6.96. The van der Waals surface area contributed by atoms with Crippen LogP contribution in [0.4, 0.5) is 15.8 Å². The summed E-state index contributed by atoms with van der Waals surface area (Å²) in [7, 11) is -3.43. The maximum Gasteiger partial charge on any atom is 0.254 e. The third-order valence-corrected chi connectivity index (χ3v) is 5.28. The Bertz CT molecular complexity index is 1050. The van der Waals surface area contributed by atoms with E-state index in [-0.39, 0.29) is 11.7 Å². The average molecular weight is 419 g/mol. The average Bonchev–Trinajstić information content (AvgIpc) is 2.66. The Morgan fingerprint density at radius 2 is 1.69 bits per heavy atom. The maximum absolute atomic E-state index is 14.4. The van der Waals surface area contributed by atoms with Gasteiger partial charge in [-0.1, -0.05) is 6.07 Å². The summed E-state index contributed by atoms with van der Waals surface area (Å²) in [6, 6.07) is 10.7. The zero-order chi connectivity index (χ0) is 21.2. The summed E-state index contributed by atoms with van der Waals surface area (Å²) in [6.45, 7) is 3.08. The van der Waals surface area contributed by atoms with Gasteiger partial charge in [0.15, 0.2) is 5.78 Å². The number of carbonyl (C=O) groups is 2. The zero-order valence-electron chi connectivity index (χ0n) is 16.2. The normalized spacial score (nSPS) is 14.6. The van der Waals surface area contributed by atoms with E-state index in [0.717, 1.165) is 6.26 Å². The highest BCUT2D eigenvalue weighted by molar-refractivity contribution is 7.92. The summed E-state index contributed by atoms with van der Waals surface area (Å²) in [5.74, 6) is -0.871. The quantitative estimate of drug-likeness (QED) is 0.752. The Morgan fingerprint density at radius 1 is 1.00 bits per heavy atom. The molecule has 1 N–H and O–H groups in total. The summed E-state index contributed by atoms with van der Waals surface area (Å²) in [5.41, 5.74) is 1.43. The predicted molar refractivity (Wildman–Crippen MR) is 109 cm³/mol. The predicted octanol–water partition coefficient (Wildman–Crippen LogP) is 2.36. The van der Waals surface area contributed by atoms with Crippen molar-refractivity contribution in [2.45, 2.75) is 6.92 Å². The smallest absolute Gasteiger partial charge is 0.254 e. The van der Waals surface area contributed by atoms with Crippen LogP contribution >= 0.6 is 0 Å². The molecule has 0 spiro atoms. The summed E-state index contributed by atoms with van der Waals surface area (Å²) >= 11 is 0. The molecule has 9 heteroatoms. The fourth-order valence-corrected chi connectivity index (χ4v) is 3.80. The molecule has 0 atom stereocenters. The lowest BCUT2D eigenvalue weighted by Crippen LogP contribution is -2.49. The number of amides is 1. The van der Waals surface area contributed by atoms with E-state index in [9.17, 15) is 22.4 Å². The van der Waals surface area contributed by atoms with E-state index in [2.05, 4.69) is 4.72 Å². The molecular weight excluding hydrogens is 397 g/mol. The molecule has 1 saturated heterocycles. The largest absolute Gasteiger partial charge is 0.366 e. The Morgan fingerprint density at radius 3 is 2.28 bits per heavy atom. The van der Waals surface area contributed by atoms with Gasteiger partial charge in [0.1, 0.15) is 5.82 Å². The number of sulfonamides is 1. The van der Waals surface area contributed by atoms with Crippen molar-refractivity contribution in [1.29, 1.82) is 0 Å². The second-order valence-corrected chi connectivity index (χ2v) is 8.71. The molecule has 0 unspecified atom stereocenters. The maximum atomic E-state index is 14.4. The number of hydrogen-bond donors (Lipinski definition) is 1. The molecule has 0 saturated carbocycles. The van der Waals surface area contributed by atoms with Crippen LogP contribution in [0, 0.1) is 5.82 Å². The Hall–Kier alpha value is -2.94. The minimum atomic E-state index is -3.43. The van der Waals surface area contributed by atoms with E-state index in [4.69, 9.17) is 0 Å². The lowest BCUT2D eigenvalue weighted by atomic mass is 10.1. The van der Waals surface area contributed by atoms with Crippen LogP contribution in [0.5, 0.6) is 0 Å². The highest BCUT2D eigenvalue weighted by Crippen LogP contribution is 2.23. The van der Waals surface area contributed by atoms with E-state index in [1.54, 1.807) is 35.2 Å². The molecule has 154 valence electrons. The van der Waals surface area contributed by atoms with Crippen molar-refractivity contribution in [2.24, 2.45) is 0 Å². The van der Waals surface area contributed by atoms with Gasteiger partial charge in [-0.15, -0.1) is 0 Å². The summed E-state index contributed by atoms with van der Waals surface area (Å²) in [6.07, 6.45) is 1.04. The standard InChI is InChI=1S/C20H22FN3O4S/c1-14(25)15-6-7-19(18(21)13-15)23-8-10-24(11-9-23)20(26)16-4-3-5-17(12-16)22-29(2,27)28/h3-7,12-13,22H,8-11H2,1-2H3. The van der Waals surface area contributed by atoms with Crippen LogP contribution in [-0.4, -0.2) is 57.4 Å². The molecule has 7 nitrogen and oxygen atoms in total. The van der Waals surface area contributed by atoms with Gasteiger partial charge in [-0.25, -0.2) is 12.8 Å². The second kappa shape index (κ2) is 8.20. The van der Waals surface area contributed by atoms with Crippen molar-refractivity contribution in [2.75, 3.05) is 42.1 Å². The number of carbonyl (C=O) groups excluding carboxylic acids is 2. The van der Waals surface area contributed by atoms with Gasteiger partial charge < -0.3 is 9.80 Å². The third kappa shape index (κ3) is 5.11. The van der Waals surface area contributed by atoms with Gasteiger partial charge in [0.2, 0.25) is 10.0 Å². The Balaban J connectivity index is 1.67. The third-order valence-electron chi connectivity index (χ3n) is 4.67. The van der Waals surface area contributed by atoms with Crippen molar-refractivity contribution < 1.29 is 22.4 Å². The molecule has 0 bridgehead atoms. The number of ketones is 1. The van der Waals surface area contributed by atoms with E-state index in [0.29, 0.717) is 48.7 Å². The van der Waals surface area contributed by atoms with Crippen LogP contribution in [0.3, 0.4) is 0 Å². The van der Waals surface area contributed by atoms with Crippen LogP contribution < -0.4 is 9.62 Å². The highest BCUT2D eigenvalue weighted by Gasteiger charge is 2.24. The molecule has 0 aliphatic carbocycles. The van der Waals surface area contributed by atoms with Gasteiger partial charge in [0.25, 0.3) is 5.91 Å². The van der Waals surface area contributed by atoms with Gasteiger partial charge in [0.05, 0.1) is 11.9 Å². The van der Waals surface area contributed by atoms with Crippen LogP contribution in [0.1, 0.15) is 27.6 Å². The van der Waals surface area contributed by atoms with Crippen LogP contribution in [-0.2, 0) is 10.0 Å². The number of rotatable bonds is 5.